The van der Waals surface area contributed by atoms with Crippen LogP contribution in [0.4, 0.5) is 10.5 Å². The molecular formula is C21H22N2O6. The SMILES string of the molecule is COC1=Nc2ccccc2C1(C[C@H](NC(=O)OCc1ccccc1)C(=O)O)OC. The second-order valence-electron chi connectivity index (χ2n) is 6.47. The Bertz CT molecular complexity index is 914. The van der Waals surface area contributed by atoms with Crippen molar-refractivity contribution in [3.05, 3.63) is 65.7 Å². The number of hydrogen-bond donors (Lipinski definition) is 2. The Kier molecular flexibility index (Phi) is 6.13. The van der Waals surface area contributed by atoms with Gasteiger partial charge in [-0.25, -0.2) is 14.6 Å². The number of nitrogens with zero attached hydrogens (tertiary/aromatic N) is 1. The number of carboxylic acids is 1. The first-order valence-corrected chi connectivity index (χ1v) is 8.98. The fourth-order valence-corrected chi connectivity index (χ4v) is 3.31. The van der Waals surface area contributed by atoms with E-state index in [9.17, 15) is 14.7 Å². The van der Waals surface area contributed by atoms with Crippen LogP contribution in [0.1, 0.15) is 17.5 Å². The molecule has 2 N–H and O–H groups in total. The average molecular weight is 398 g/mol. The van der Waals surface area contributed by atoms with Crippen LogP contribution in [0.5, 0.6) is 0 Å². The molecule has 0 aromatic heterocycles. The number of benzene rings is 2. The number of aliphatic carboxylic acids is 1. The van der Waals surface area contributed by atoms with E-state index in [2.05, 4.69) is 10.3 Å². The Morgan fingerprint density at radius 3 is 2.45 bits per heavy atom. The van der Waals surface area contributed by atoms with Crippen molar-refractivity contribution in [2.75, 3.05) is 14.2 Å². The van der Waals surface area contributed by atoms with E-state index >= 15 is 0 Å². The molecule has 1 aliphatic rings. The van der Waals surface area contributed by atoms with Gasteiger partial charge in [-0.2, -0.15) is 0 Å². The number of hydrogen-bond acceptors (Lipinski definition) is 6. The number of alkyl carbamates (subject to hydrolysis) is 1. The topological polar surface area (TPSA) is 106 Å². The Hall–Kier alpha value is -3.39. The minimum absolute atomic E-state index is 0.0298. The maximum Gasteiger partial charge on any atom is 0.408 e. The van der Waals surface area contributed by atoms with Crippen molar-refractivity contribution in [2.24, 2.45) is 4.99 Å². The predicted molar refractivity (Wildman–Crippen MR) is 105 cm³/mol. The first-order chi connectivity index (χ1) is 14.0. The second kappa shape index (κ2) is 8.74. The second-order valence-corrected chi connectivity index (χ2v) is 6.47. The standard InChI is InChI=1S/C21H22N2O6/c1-27-19-21(28-2,15-10-6-7-11-16(15)22-19)12-17(18(24)25)23-20(26)29-13-14-8-4-3-5-9-14/h3-11,17H,12-13H2,1-2H3,(H,23,26)(H,24,25)/t17-,21?/m0/s1. The summed E-state index contributed by atoms with van der Waals surface area (Å²) in [5, 5.41) is 12.1. The van der Waals surface area contributed by atoms with Gasteiger partial charge in [0.2, 0.25) is 5.90 Å². The Balaban J connectivity index is 1.76. The van der Waals surface area contributed by atoms with E-state index in [1.165, 1.54) is 14.2 Å². The molecule has 2 aromatic carbocycles. The average Bonchev–Trinajstić information content (AvgIpc) is 3.06. The summed E-state index contributed by atoms with van der Waals surface area (Å²) in [5.41, 5.74) is 0.856. The van der Waals surface area contributed by atoms with Crippen molar-refractivity contribution in [3.8, 4) is 0 Å². The van der Waals surface area contributed by atoms with Crippen LogP contribution in [-0.4, -0.2) is 43.3 Å². The van der Waals surface area contributed by atoms with Crippen molar-refractivity contribution in [3.63, 3.8) is 0 Å². The quantitative estimate of drug-likeness (QED) is 0.743. The number of para-hydroxylation sites is 1. The molecule has 2 atom stereocenters. The summed E-state index contributed by atoms with van der Waals surface area (Å²) in [4.78, 5) is 28.4. The molecule has 2 aromatic rings. The molecular weight excluding hydrogens is 376 g/mol. The van der Waals surface area contributed by atoms with Crippen LogP contribution in [-0.2, 0) is 31.2 Å². The normalized spacial score (nSPS) is 18.3. The van der Waals surface area contributed by atoms with E-state index in [0.717, 1.165) is 5.56 Å². The fourth-order valence-electron chi connectivity index (χ4n) is 3.31. The molecule has 152 valence electrons. The number of ether oxygens (including phenoxy) is 3. The van der Waals surface area contributed by atoms with Crippen LogP contribution >= 0.6 is 0 Å². The number of methoxy groups -OCH3 is 2. The smallest absolute Gasteiger partial charge is 0.408 e. The highest BCUT2D eigenvalue weighted by Crippen LogP contribution is 2.44. The summed E-state index contributed by atoms with van der Waals surface area (Å²) in [5.74, 6) is -0.996. The molecule has 1 heterocycles. The summed E-state index contributed by atoms with van der Waals surface area (Å²) in [7, 11) is 2.89. The summed E-state index contributed by atoms with van der Waals surface area (Å²) < 4.78 is 16.2. The minimum atomic E-state index is -1.29. The number of carboxylic acid groups (broad SMARTS) is 1. The fraction of sp³-hybridized carbons (Fsp3) is 0.286. The van der Waals surface area contributed by atoms with Crippen LogP contribution in [0, 0.1) is 0 Å². The van der Waals surface area contributed by atoms with Crippen molar-refractivity contribution in [1.29, 1.82) is 0 Å². The third-order valence-electron chi connectivity index (χ3n) is 4.74. The van der Waals surface area contributed by atoms with Gasteiger partial charge in [-0.15, -0.1) is 0 Å². The van der Waals surface area contributed by atoms with Crippen LogP contribution < -0.4 is 5.32 Å². The predicted octanol–water partition coefficient (Wildman–Crippen LogP) is 2.99. The summed E-state index contributed by atoms with van der Waals surface area (Å²) in [6.45, 7) is 0.0298. The van der Waals surface area contributed by atoms with Gasteiger partial charge in [-0.3, -0.25) is 0 Å². The van der Waals surface area contributed by atoms with E-state index in [1.54, 1.807) is 30.3 Å². The largest absolute Gasteiger partial charge is 0.482 e. The van der Waals surface area contributed by atoms with Crippen molar-refractivity contribution < 1.29 is 28.9 Å². The number of rotatable bonds is 7. The van der Waals surface area contributed by atoms with Crippen LogP contribution in [0.25, 0.3) is 0 Å². The minimum Gasteiger partial charge on any atom is -0.482 e. The molecule has 0 spiro atoms. The molecule has 0 aliphatic carbocycles. The molecule has 1 unspecified atom stereocenters. The molecule has 0 radical (unpaired) electrons. The zero-order valence-corrected chi connectivity index (χ0v) is 16.1. The summed E-state index contributed by atoms with van der Waals surface area (Å²) in [6, 6.07) is 15.0. The van der Waals surface area contributed by atoms with E-state index < -0.39 is 23.7 Å². The zero-order valence-electron chi connectivity index (χ0n) is 16.1. The van der Waals surface area contributed by atoms with Crippen LogP contribution in [0.2, 0.25) is 0 Å². The van der Waals surface area contributed by atoms with Gasteiger partial charge in [0, 0.05) is 19.1 Å². The van der Waals surface area contributed by atoms with Gasteiger partial charge in [0.15, 0.2) is 5.60 Å². The van der Waals surface area contributed by atoms with Gasteiger partial charge in [0.1, 0.15) is 12.6 Å². The lowest BCUT2D eigenvalue weighted by Crippen LogP contribution is -2.49. The molecule has 1 aliphatic heterocycles. The maximum atomic E-state index is 12.2. The number of fused-ring (bicyclic) bond motifs is 1. The van der Waals surface area contributed by atoms with E-state index in [4.69, 9.17) is 14.2 Å². The Labute approximate surface area is 168 Å². The maximum absolute atomic E-state index is 12.2. The van der Waals surface area contributed by atoms with Gasteiger partial charge in [0.05, 0.1) is 12.8 Å². The first-order valence-electron chi connectivity index (χ1n) is 8.98. The Morgan fingerprint density at radius 1 is 1.10 bits per heavy atom. The third-order valence-corrected chi connectivity index (χ3v) is 4.74. The van der Waals surface area contributed by atoms with Gasteiger partial charge in [-0.1, -0.05) is 48.5 Å². The van der Waals surface area contributed by atoms with Crippen LogP contribution in [0.15, 0.2) is 59.6 Å². The third kappa shape index (κ3) is 4.22. The van der Waals surface area contributed by atoms with Crippen LogP contribution in [0.3, 0.4) is 0 Å². The van der Waals surface area contributed by atoms with Crippen molar-refractivity contribution in [1.82, 2.24) is 5.32 Å². The molecule has 3 rings (SSSR count). The molecule has 0 fully saturated rings. The highest BCUT2D eigenvalue weighted by molar-refractivity contribution is 5.96. The number of amides is 1. The molecule has 8 heteroatoms. The molecule has 0 bridgehead atoms. The van der Waals surface area contributed by atoms with E-state index in [-0.39, 0.29) is 18.9 Å². The van der Waals surface area contributed by atoms with Gasteiger partial charge >= 0.3 is 12.1 Å². The molecule has 1 amide bonds. The number of carbonyl (C=O) groups is 2. The van der Waals surface area contributed by atoms with Crippen molar-refractivity contribution in [2.45, 2.75) is 24.7 Å². The monoisotopic (exact) mass is 398 g/mol. The van der Waals surface area contributed by atoms with Gasteiger partial charge in [-0.05, 0) is 11.6 Å². The summed E-state index contributed by atoms with van der Waals surface area (Å²) >= 11 is 0. The van der Waals surface area contributed by atoms with Crippen molar-refractivity contribution >= 4 is 23.6 Å². The molecule has 0 saturated heterocycles. The van der Waals surface area contributed by atoms with Gasteiger partial charge < -0.3 is 24.6 Å². The number of carbonyl (C=O) groups excluding carboxylic acids is 1. The van der Waals surface area contributed by atoms with E-state index in [0.29, 0.717) is 11.3 Å². The van der Waals surface area contributed by atoms with Gasteiger partial charge in [0.25, 0.3) is 0 Å². The number of nitrogens with one attached hydrogen (secondary N) is 1. The highest BCUT2D eigenvalue weighted by atomic mass is 16.6. The van der Waals surface area contributed by atoms with E-state index in [1.807, 2.05) is 24.3 Å². The number of aliphatic imine (C=N–C) groups is 1. The zero-order chi connectivity index (χ0) is 20.9. The lowest BCUT2D eigenvalue weighted by Gasteiger charge is -2.31. The highest BCUT2D eigenvalue weighted by Gasteiger charge is 2.48. The molecule has 8 nitrogen and oxygen atoms in total. The lowest BCUT2D eigenvalue weighted by molar-refractivity contribution is -0.141. The Morgan fingerprint density at radius 2 is 1.79 bits per heavy atom. The molecule has 0 saturated carbocycles. The summed E-state index contributed by atoms with van der Waals surface area (Å²) in [6.07, 6.45) is -0.960. The lowest BCUT2D eigenvalue weighted by atomic mass is 9.87. The molecule has 29 heavy (non-hydrogen) atoms. The first kappa shape index (κ1) is 20.3.